The Morgan fingerprint density at radius 3 is 2.68 bits per heavy atom. The van der Waals surface area contributed by atoms with E-state index < -0.39 is 0 Å². The van der Waals surface area contributed by atoms with Crippen molar-refractivity contribution in [2.45, 2.75) is 32.2 Å². The monoisotopic (exact) mass is 419 g/mol. The van der Waals surface area contributed by atoms with Gasteiger partial charge < -0.3 is 24.5 Å². The van der Waals surface area contributed by atoms with Gasteiger partial charge in [0.05, 0.1) is 12.1 Å². The Morgan fingerprint density at radius 1 is 1.06 bits per heavy atom. The van der Waals surface area contributed by atoms with E-state index in [1.54, 1.807) is 0 Å². The van der Waals surface area contributed by atoms with Crippen LogP contribution in [0.3, 0.4) is 0 Å². The molecule has 3 aromatic rings. The van der Waals surface area contributed by atoms with Crippen LogP contribution >= 0.6 is 0 Å². The van der Waals surface area contributed by atoms with Crippen molar-refractivity contribution >= 4 is 16.9 Å². The second kappa shape index (κ2) is 7.18. The summed E-state index contributed by atoms with van der Waals surface area (Å²) in [4.78, 5) is 17.0. The molecular formula is C24H25N3O4. The van der Waals surface area contributed by atoms with Crippen molar-refractivity contribution in [1.82, 2.24) is 9.55 Å². The predicted octanol–water partition coefficient (Wildman–Crippen LogP) is 3.31. The van der Waals surface area contributed by atoms with E-state index in [1.807, 2.05) is 18.2 Å². The summed E-state index contributed by atoms with van der Waals surface area (Å²) in [5.41, 5.74) is 9.63. The summed E-state index contributed by atoms with van der Waals surface area (Å²) in [5, 5.41) is 0. The first-order valence-electron chi connectivity index (χ1n) is 11.0. The quantitative estimate of drug-likeness (QED) is 0.685. The lowest BCUT2D eigenvalue weighted by Crippen LogP contribution is -2.26. The highest BCUT2D eigenvalue weighted by molar-refractivity contribution is 5.87. The topological polar surface area (TPSA) is 88.6 Å². The molecule has 2 aliphatic heterocycles. The van der Waals surface area contributed by atoms with Crippen LogP contribution in [0.15, 0.2) is 30.3 Å². The van der Waals surface area contributed by atoms with Gasteiger partial charge in [0.15, 0.2) is 11.5 Å². The third kappa shape index (κ3) is 3.28. The smallest absolute Gasteiger partial charge is 0.221 e. The van der Waals surface area contributed by atoms with Crippen molar-refractivity contribution in [1.29, 1.82) is 0 Å². The maximum Gasteiger partial charge on any atom is 0.221 e. The average molecular weight is 419 g/mol. The number of rotatable bonds is 5. The van der Waals surface area contributed by atoms with E-state index in [0.717, 1.165) is 71.0 Å². The van der Waals surface area contributed by atoms with Gasteiger partial charge in [-0.15, -0.1) is 0 Å². The summed E-state index contributed by atoms with van der Waals surface area (Å²) in [6.45, 7) is 2.61. The van der Waals surface area contributed by atoms with Crippen molar-refractivity contribution in [2.75, 3.05) is 19.8 Å². The summed E-state index contributed by atoms with van der Waals surface area (Å²) in [6.07, 6.45) is 3.71. The number of aromatic nitrogens is 2. The molecule has 1 aromatic heterocycles. The minimum Gasteiger partial charge on any atom is -0.491 e. The van der Waals surface area contributed by atoms with Gasteiger partial charge in [0, 0.05) is 18.0 Å². The largest absolute Gasteiger partial charge is 0.491 e. The maximum atomic E-state index is 12.0. The van der Waals surface area contributed by atoms with Crippen LogP contribution in [0.1, 0.15) is 24.8 Å². The van der Waals surface area contributed by atoms with Gasteiger partial charge in [-0.25, -0.2) is 4.98 Å². The van der Waals surface area contributed by atoms with E-state index in [-0.39, 0.29) is 11.8 Å². The van der Waals surface area contributed by atoms with Gasteiger partial charge in [0.25, 0.3) is 0 Å². The van der Waals surface area contributed by atoms with Crippen LogP contribution in [-0.2, 0) is 17.8 Å². The van der Waals surface area contributed by atoms with Crippen molar-refractivity contribution in [3.8, 4) is 28.6 Å². The molecule has 3 aliphatic rings. The number of aryl methyl sites for hydroxylation is 1. The number of hydrogen-bond donors (Lipinski definition) is 1. The summed E-state index contributed by atoms with van der Waals surface area (Å²) < 4.78 is 19.8. The molecule has 1 atom stereocenters. The first kappa shape index (κ1) is 18.5. The number of amides is 1. The van der Waals surface area contributed by atoms with E-state index >= 15 is 0 Å². The molecule has 1 aliphatic carbocycles. The Hall–Kier alpha value is -3.22. The van der Waals surface area contributed by atoms with Crippen molar-refractivity contribution in [2.24, 2.45) is 17.6 Å². The molecule has 7 nitrogen and oxygen atoms in total. The van der Waals surface area contributed by atoms with Gasteiger partial charge in [0.1, 0.15) is 30.3 Å². The number of nitrogens with two attached hydrogens (primary N) is 1. The van der Waals surface area contributed by atoms with Gasteiger partial charge in [-0.1, -0.05) is 0 Å². The van der Waals surface area contributed by atoms with E-state index in [4.69, 9.17) is 24.9 Å². The normalized spacial score (nSPS) is 18.3. The molecule has 2 aromatic carbocycles. The Kier molecular flexibility index (Phi) is 4.30. The van der Waals surface area contributed by atoms with Crippen molar-refractivity contribution < 1.29 is 19.0 Å². The molecule has 7 heteroatoms. The Bertz CT molecular complexity index is 1180. The highest BCUT2D eigenvalue weighted by Crippen LogP contribution is 2.41. The molecule has 160 valence electrons. The number of benzene rings is 2. The van der Waals surface area contributed by atoms with Gasteiger partial charge in [0.2, 0.25) is 5.91 Å². The van der Waals surface area contributed by atoms with Gasteiger partial charge in [-0.05, 0) is 67.5 Å². The summed E-state index contributed by atoms with van der Waals surface area (Å²) in [7, 11) is 0. The molecule has 1 saturated carbocycles. The number of carbonyl (C=O) groups excluding carboxylic acids is 1. The summed E-state index contributed by atoms with van der Waals surface area (Å²) >= 11 is 0. The average Bonchev–Trinajstić information content (AvgIpc) is 3.57. The number of fused-ring (bicyclic) bond motifs is 1. The van der Waals surface area contributed by atoms with Crippen LogP contribution in [0.5, 0.6) is 17.2 Å². The second-order valence-corrected chi connectivity index (χ2v) is 8.66. The Labute approximate surface area is 180 Å². The van der Waals surface area contributed by atoms with E-state index in [1.165, 1.54) is 0 Å². The molecule has 1 fully saturated rings. The zero-order valence-corrected chi connectivity index (χ0v) is 17.3. The fourth-order valence-electron chi connectivity index (χ4n) is 4.79. The van der Waals surface area contributed by atoms with Crippen molar-refractivity contribution in [3.63, 3.8) is 0 Å². The number of primary amides is 1. The lowest BCUT2D eigenvalue weighted by Gasteiger charge is -2.19. The molecule has 0 bridgehead atoms. The molecule has 1 amide bonds. The number of imidazole rings is 1. The number of nitrogens with zero attached hydrogens (tertiary/aromatic N) is 2. The molecule has 31 heavy (non-hydrogen) atoms. The second-order valence-electron chi connectivity index (χ2n) is 8.66. The van der Waals surface area contributed by atoms with Crippen LogP contribution in [0.2, 0.25) is 0 Å². The lowest BCUT2D eigenvalue weighted by atomic mass is 9.94. The highest BCUT2D eigenvalue weighted by atomic mass is 16.6. The third-order valence-electron chi connectivity index (χ3n) is 6.46. The fourth-order valence-corrected chi connectivity index (χ4v) is 4.79. The van der Waals surface area contributed by atoms with Gasteiger partial charge in [-0.2, -0.15) is 0 Å². The minimum absolute atomic E-state index is 0.116. The molecular weight excluding hydrogens is 394 g/mol. The van der Waals surface area contributed by atoms with E-state index in [9.17, 15) is 4.79 Å². The number of ether oxygens (including phenoxy) is 3. The molecule has 0 spiro atoms. The first-order valence-corrected chi connectivity index (χ1v) is 11.0. The van der Waals surface area contributed by atoms with Crippen LogP contribution in [0.25, 0.3) is 22.4 Å². The third-order valence-corrected chi connectivity index (χ3v) is 6.46. The summed E-state index contributed by atoms with van der Waals surface area (Å²) in [5.74, 6) is 3.34. The van der Waals surface area contributed by atoms with Crippen molar-refractivity contribution in [3.05, 3.63) is 35.9 Å². The molecule has 3 heterocycles. The lowest BCUT2D eigenvalue weighted by molar-refractivity contribution is -0.122. The maximum absolute atomic E-state index is 12.0. The zero-order valence-electron chi connectivity index (χ0n) is 17.3. The molecule has 2 N–H and O–H groups in total. The van der Waals surface area contributed by atoms with E-state index in [0.29, 0.717) is 32.2 Å². The van der Waals surface area contributed by atoms with Gasteiger partial charge in [-0.3, -0.25) is 4.79 Å². The molecule has 6 rings (SSSR count). The standard InChI is InChI=1S/C24H25N3O4/c25-23(28)17(15-2-3-15)10-14-11-18-22-21(12-14)29-7-1-6-27(22)24(26-18)16-4-5-19-20(13-16)31-9-8-30-19/h4-5,11-13,15,17H,1-3,6-10H2,(H2,25,28)/t17-/m0/s1. The Balaban J connectivity index is 1.45. The molecule has 0 unspecified atom stereocenters. The fraction of sp³-hybridized carbons (Fsp3) is 0.417. The predicted molar refractivity (Wildman–Crippen MR) is 115 cm³/mol. The van der Waals surface area contributed by atoms with Crippen LogP contribution in [0.4, 0.5) is 0 Å². The minimum atomic E-state index is -0.211. The van der Waals surface area contributed by atoms with Crippen LogP contribution in [0, 0.1) is 11.8 Å². The van der Waals surface area contributed by atoms with Crippen LogP contribution in [-0.4, -0.2) is 35.3 Å². The number of carbonyl (C=O) groups is 1. The van der Waals surface area contributed by atoms with Gasteiger partial charge >= 0.3 is 0 Å². The first-order chi connectivity index (χ1) is 15.2. The molecule has 0 saturated heterocycles. The van der Waals surface area contributed by atoms with E-state index in [2.05, 4.69) is 16.7 Å². The Morgan fingerprint density at radius 2 is 1.87 bits per heavy atom. The summed E-state index contributed by atoms with van der Waals surface area (Å²) in [6, 6.07) is 10.1. The SMILES string of the molecule is NC(=O)[C@@H](Cc1cc2c3c(c1)nc(-c1ccc4c(c1)OCCO4)n3CCCO2)C1CC1. The number of hydrogen-bond acceptors (Lipinski definition) is 5. The zero-order chi connectivity index (χ0) is 20.9. The highest BCUT2D eigenvalue weighted by Gasteiger charge is 2.35. The van der Waals surface area contributed by atoms with Crippen LogP contribution < -0.4 is 19.9 Å². The molecule has 0 radical (unpaired) electrons.